The molecule has 2 aliphatic rings. The second kappa shape index (κ2) is 6.69. The van der Waals surface area contributed by atoms with Gasteiger partial charge in [-0.1, -0.05) is 12.1 Å². The first kappa shape index (κ1) is 14.0. The van der Waals surface area contributed by atoms with E-state index in [2.05, 4.69) is 25.6 Å². The van der Waals surface area contributed by atoms with Gasteiger partial charge in [0.2, 0.25) is 0 Å². The quantitative estimate of drug-likeness (QED) is 0.865. The average Bonchev–Trinajstić information content (AvgIpc) is 2.54. The number of hydrazine groups is 1. The maximum absolute atomic E-state index is 13.1. The van der Waals surface area contributed by atoms with E-state index in [9.17, 15) is 4.39 Å². The summed E-state index contributed by atoms with van der Waals surface area (Å²) in [6.07, 6.45) is 3.92. The normalized spacial score (nSPS) is 19.5. The van der Waals surface area contributed by atoms with Crippen molar-refractivity contribution in [1.82, 2.24) is 20.7 Å². The molecular formula is C15H20FN5. The molecule has 0 unspecified atom stereocenters. The molecule has 2 N–H and O–H groups in total. The SMILES string of the molecule is Fc1cccc(CNC2=CN(N3CCNCC3)CC=N2)c1. The van der Waals surface area contributed by atoms with E-state index in [4.69, 9.17) is 0 Å². The Bertz CT molecular complexity index is 537. The molecule has 2 aliphatic heterocycles. The Morgan fingerprint density at radius 1 is 1.29 bits per heavy atom. The summed E-state index contributed by atoms with van der Waals surface area (Å²) in [5.41, 5.74) is 0.908. The van der Waals surface area contributed by atoms with Crippen molar-refractivity contribution in [3.63, 3.8) is 0 Å². The summed E-state index contributed by atoms with van der Waals surface area (Å²) >= 11 is 0. The number of piperazine rings is 1. The van der Waals surface area contributed by atoms with Crippen molar-refractivity contribution in [2.45, 2.75) is 6.54 Å². The largest absolute Gasteiger partial charge is 0.365 e. The van der Waals surface area contributed by atoms with Crippen LogP contribution in [0.2, 0.25) is 0 Å². The monoisotopic (exact) mass is 289 g/mol. The van der Waals surface area contributed by atoms with Gasteiger partial charge in [0.25, 0.3) is 0 Å². The summed E-state index contributed by atoms with van der Waals surface area (Å²) in [5.74, 6) is 0.599. The molecular weight excluding hydrogens is 269 g/mol. The molecule has 0 bridgehead atoms. The summed E-state index contributed by atoms with van der Waals surface area (Å²) in [6, 6.07) is 6.61. The molecule has 112 valence electrons. The fraction of sp³-hybridized carbons (Fsp3) is 0.400. The molecule has 6 heteroatoms. The Balaban J connectivity index is 1.59. The zero-order valence-electron chi connectivity index (χ0n) is 11.9. The molecule has 2 heterocycles. The van der Waals surface area contributed by atoms with Crippen LogP contribution in [-0.2, 0) is 6.54 Å². The molecule has 0 aliphatic carbocycles. The Morgan fingerprint density at radius 2 is 2.14 bits per heavy atom. The van der Waals surface area contributed by atoms with Crippen LogP contribution >= 0.6 is 0 Å². The lowest BCUT2D eigenvalue weighted by molar-refractivity contribution is 0.0225. The molecule has 0 amide bonds. The average molecular weight is 289 g/mol. The van der Waals surface area contributed by atoms with E-state index in [1.807, 2.05) is 18.5 Å². The maximum Gasteiger partial charge on any atom is 0.143 e. The number of nitrogens with one attached hydrogen (secondary N) is 2. The smallest absolute Gasteiger partial charge is 0.143 e. The van der Waals surface area contributed by atoms with Crippen LogP contribution in [0.5, 0.6) is 0 Å². The van der Waals surface area contributed by atoms with Crippen LogP contribution < -0.4 is 10.6 Å². The number of halogens is 1. The minimum absolute atomic E-state index is 0.210. The van der Waals surface area contributed by atoms with Crippen molar-refractivity contribution in [2.24, 2.45) is 4.99 Å². The highest BCUT2D eigenvalue weighted by Gasteiger charge is 2.17. The zero-order valence-corrected chi connectivity index (χ0v) is 11.9. The molecule has 0 saturated carbocycles. The third kappa shape index (κ3) is 3.80. The van der Waals surface area contributed by atoms with Gasteiger partial charge in [-0.3, -0.25) is 0 Å². The highest BCUT2D eigenvalue weighted by Crippen LogP contribution is 2.09. The number of benzene rings is 1. The van der Waals surface area contributed by atoms with E-state index < -0.39 is 0 Å². The van der Waals surface area contributed by atoms with Gasteiger partial charge >= 0.3 is 0 Å². The standard InChI is InChI=1S/C15H20FN5/c16-14-3-1-2-13(10-14)11-19-15-12-21(9-6-18-15)20-7-4-17-5-8-20/h1-3,6,10,12,17,19H,4-5,7-9,11H2. The van der Waals surface area contributed by atoms with Gasteiger partial charge in [-0.25, -0.2) is 14.4 Å². The lowest BCUT2D eigenvalue weighted by Gasteiger charge is -2.37. The molecule has 1 aromatic rings. The summed E-state index contributed by atoms with van der Waals surface area (Å²) in [5, 5.41) is 11.1. The van der Waals surface area contributed by atoms with Crippen LogP contribution in [0.1, 0.15) is 5.56 Å². The van der Waals surface area contributed by atoms with Gasteiger partial charge in [0, 0.05) is 38.9 Å². The van der Waals surface area contributed by atoms with Gasteiger partial charge in [0.1, 0.15) is 11.6 Å². The number of nitrogens with zero attached hydrogens (tertiary/aromatic N) is 3. The first-order valence-electron chi connectivity index (χ1n) is 7.26. The third-order valence-corrected chi connectivity index (χ3v) is 3.59. The summed E-state index contributed by atoms with van der Waals surface area (Å²) in [4.78, 5) is 4.36. The van der Waals surface area contributed by atoms with Crippen LogP contribution in [0.25, 0.3) is 0 Å². The first-order valence-corrected chi connectivity index (χ1v) is 7.26. The molecule has 21 heavy (non-hydrogen) atoms. The second-order valence-electron chi connectivity index (χ2n) is 5.14. The summed E-state index contributed by atoms with van der Waals surface area (Å²) in [6.45, 7) is 5.38. The molecule has 3 rings (SSSR count). The lowest BCUT2D eigenvalue weighted by atomic mass is 10.2. The number of rotatable bonds is 4. The van der Waals surface area contributed by atoms with Crippen LogP contribution in [0.4, 0.5) is 4.39 Å². The molecule has 0 aromatic heterocycles. The fourth-order valence-electron chi connectivity index (χ4n) is 2.49. The van der Waals surface area contributed by atoms with Gasteiger partial charge < -0.3 is 15.6 Å². The van der Waals surface area contributed by atoms with Crippen molar-refractivity contribution in [3.05, 3.63) is 47.7 Å². The highest BCUT2D eigenvalue weighted by atomic mass is 19.1. The van der Waals surface area contributed by atoms with Crippen molar-refractivity contribution in [1.29, 1.82) is 0 Å². The Labute approximate surface area is 124 Å². The van der Waals surface area contributed by atoms with Crippen LogP contribution in [0.15, 0.2) is 41.3 Å². The van der Waals surface area contributed by atoms with Gasteiger partial charge in [0.15, 0.2) is 0 Å². The topological polar surface area (TPSA) is 42.9 Å². The van der Waals surface area contributed by atoms with Crippen molar-refractivity contribution >= 4 is 6.21 Å². The van der Waals surface area contributed by atoms with E-state index in [1.54, 1.807) is 6.07 Å². The molecule has 1 saturated heterocycles. The number of aliphatic imine (C=N–C) groups is 1. The lowest BCUT2D eigenvalue weighted by Crippen LogP contribution is -2.51. The van der Waals surface area contributed by atoms with E-state index >= 15 is 0 Å². The Hall–Kier alpha value is -1.92. The third-order valence-electron chi connectivity index (χ3n) is 3.59. The van der Waals surface area contributed by atoms with Crippen molar-refractivity contribution in [2.75, 3.05) is 32.7 Å². The van der Waals surface area contributed by atoms with E-state index in [0.29, 0.717) is 6.54 Å². The fourth-order valence-corrected chi connectivity index (χ4v) is 2.49. The van der Waals surface area contributed by atoms with Gasteiger partial charge in [-0.15, -0.1) is 0 Å². The van der Waals surface area contributed by atoms with Crippen molar-refractivity contribution < 1.29 is 4.39 Å². The molecule has 1 aromatic carbocycles. The van der Waals surface area contributed by atoms with E-state index in [-0.39, 0.29) is 5.82 Å². The highest BCUT2D eigenvalue weighted by molar-refractivity contribution is 5.62. The Morgan fingerprint density at radius 3 is 2.95 bits per heavy atom. The number of hydrogen-bond acceptors (Lipinski definition) is 5. The van der Waals surface area contributed by atoms with Gasteiger partial charge in [0.05, 0.1) is 12.7 Å². The summed E-state index contributed by atoms with van der Waals surface area (Å²) in [7, 11) is 0. The van der Waals surface area contributed by atoms with E-state index in [0.717, 1.165) is 44.1 Å². The molecule has 1 fully saturated rings. The molecule has 0 atom stereocenters. The minimum atomic E-state index is -0.210. The minimum Gasteiger partial charge on any atom is -0.365 e. The van der Waals surface area contributed by atoms with Crippen LogP contribution in [0.3, 0.4) is 0 Å². The second-order valence-corrected chi connectivity index (χ2v) is 5.14. The first-order chi connectivity index (χ1) is 10.3. The predicted molar refractivity (Wildman–Crippen MR) is 81.0 cm³/mol. The van der Waals surface area contributed by atoms with E-state index in [1.165, 1.54) is 12.1 Å². The zero-order chi connectivity index (χ0) is 14.5. The Kier molecular flexibility index (Phi) is 4.47. The van der Waals surface area contributed by atoms with Crippen LogP contribution in [-0.4, -0.2) is 49.0 Å². The summed E-state index contributed by atoms with van der Waals surface area (Å²) < 4.78 is 13.1. The molecule has 0 radical (unpaired) electrons. The molecule has 0 spiro atoms. The van der Waals surface area contributed by atoms with Crippen molar-refractivity contribution in [3.8, 4) is 0 Å². The van der Waals surface area contributed by atoms with Gasteiger partial charge in [-0.05, 0) is 17.7 Å². The van der Waals surface area contributed by atoms with Crippen LogP contribution in [0, 0.1) is 5.82 Å². The number of hydrogen-bond donors (Lipinski definition) is 2. The van der Waals surface area contributed by atoms with Gasteiger partial charge in [-0.2, -0.15) is 0 Å². The molecule has 5 nitrogen and oxygen atoms in total. The predicted octanol–water partition coefficient (Wildman–Crippen LogP) is 0.921. The maximum atomic E-state index is 13.1.